The Morgan fingerprint density at radius 1 is 1.71 bits per heavy atom. The molecule has 0 spiro atoms. The van der Waals surface area contributed by atoms with Gasteiger partial charge < -0.3 is 10.2 Å². The number of rotatable bonds is 2. The van der Waals surface area contributed by atoms with Gasteiger partial charge in [-0.2, -0.15) is 0 Å². The summed E-state index contributed by atoms with van der Waals surface area (Å²) in [7, 11) is 0. The Kier molecular flexibility index (Phi) is 2.04. The van der Waals surface area contributed by atoms with Gasteiger partial charge in [0.15, 0.2) is 0 Å². The first-order chi connectivity index (χ1) is 6.54. The SMILES string of the molecule is C[C@@H](O)[C@H]1C(=O)N2C(C(=O)O)=CS[C@@H]12. The zero-order valence-corrected chi connectivity index (χ0v) is 8.19. The first-order valence-electron chi connectivity index (χ1n) is 4.14. The number of carbonyl (C=O) groups is 2. The van der Waals surface area contributed by atoms with E-state index in [-0.39, 0.29) is 17.0 Å². The lowest BCUT2D eigenvalue weighted by Gasteiger charge is -2.43. The van der Waals surface area contributed by atoms with Crippen LogP contribution in [0.25, 0.3) is 0 Å². The Morgan fingerprint density at radius 2 is 2.36 bits per heavy atom. The van der Waals surface area contributed by atoms with E-state index in [0.717, 1.165) is 0 Å². The minimum absolute atomic E-state index is 0.0156. The van der Waals surface area contributed by atoms with Crippen molar-refractivity contribution in [3.63, 3.8) is 0 Å². The first-order valence-corrected chi connectivity index (χ1v) is 5.08. The Balaban J connectivity index is 2.17. The number of nitrogens with zero attached hydrogens (tertiary/aromatic N) is 1. The van der Waals surface area contributed by atoms with E-state index in [1.807, 2.05) is 0 Å². The van der Waals surface area contributed by atoms with Crippen LogP contribution < -0.4 is 0 Å². The van der Waals surface area contributed by atoms with E-state index in [1.54, 1.807) is 6.92 Å². The molecule has 0 radical (unpaired) electrons. The molecule has 0 aromatic rings. The second-order valence-corrected chi connectivity index (χ2v) is 4.30. The van der Waals surface area contributed by atoms with E-state index < -0.39 is 18.0 Å². The van der Waals surface area contributed by atoms with Crippen LogP contribution >= 0.6 is 11.8 Å². The van der Waals surface area contributed by atoms with Gasteiger partial charge in [0.2, 0.25) is 5.91 Å². The lowest BCUT2D eigenvalue weighted by Crippen LogP contribution is -2.60. The zero-order valence-electron chi connectivity index (χ0n) is 7.38. The molecule has 6 heteroatoms. The van der Waals surface area contributed by atoms with Crippen LogP contribution in [-0.4, -0.2) is 38.5 Å². The van der Waals surface area contributed by atoms with E-state index >= 15 is 0 Å². The summed E-state index contributed by atoms with van der Waals surface area (Å²) in [4.78, 5) is 23.4. The van der Waals surface area contributed by atoms with Gasteiger partial charge >= 0.3 is 5.97 Å². The molecule has 0 aromatic heterocycles. The van der Waals surface area contributed by atoms with Crippen LogP contribution in [0.15, 0.2) is 11.1 Å². The fourth-order valence-electron chi connectivity index (χ4n) is 1.68. The van der Waals surface area contributed by atoms with Gasteiger partial charge in [0.05, 0.1) is 12.0 Å². The molecule has 2 aliphatic rings. The molecule has 2 rings (SSSR count). The molecule has 1 fully saturated rings. The van der Waals surface area contributed by atoms with Crippen LogP contribution in [0, 0.1) is 5.92 Å². The minimum atomic E-state index is -1.10. The second-order valence-electron chi connectivity index (χ2n) is 3.31. The van der Waals surface area contributed by atoms with Gasteiger partial charge in [-0.25, -0.2) is 4.79 Å². The summed E-state index contributed by atoms with van der Waals surface area (Å²) in [5.41, 5.74) is 0.0156. The van der Waals surface area contributed by atoms with Crippen LogP contribution in [0.2, 0.25) is 0 Å². The molecular weight excluding hydrogens is 206 g/mol. The van der Waals surface area contributed by atoms with Gasteiger partial charge in [-0.05, 0) is 6.92 Å². The summed E-state index contributed by atoms with van der Waals surface area (Å²) in [6, 6.07) is 0. The van der Waals surface area contributed by atoms with Crippen LogP contribution in [0.3, 0.4) is 0 Å². The van der Waals surface area contributed by atoms with Crippen LogP contribution in [-0.2, 0) is 9.59 Å². The normalized spacial score (nSPS) is 32.0. The maximum atomic E-state index is 11.4. The molecule has 0 aliphatic carbocycles. The Bertz CT molecular complexity index is 338. The third kappa shape index (κ3) is 1.07. The number of fused-ring (bicyclic) bond motifs is 1. The molecule has 0 unspecified atom stereocenters. The van der Waals surface area contributed by atoms with Crippen molar-refractivity contribution >= 4 is 23.6 Å². The van der Waals surface area contributed by atoms with E-state index in [0.29, 0.717) is 0 Å². The molecule has 2 N–H and O–H groups in total. The third-order valence-corrected chi connectivity index (χ3v) is 3.54. The lowest BCUT2D eigenvalue weighted by atomic mass is 9.92. The number of carbonyl (C=O) groups excluding carboxylic acids is 1. The second kappa shape index (κ2) is 2.99. The molecule has 76 valence electrons. The van der Waals surface area contributed by atoms with Crippen molar-refractivity contribution in [1.82, 2.24) is 4.90 Å². The van der Waals surface area contributed by atoms with Crippen LogP contribution in [0.4, 0.5) is 0 Å². The monoisotopic (exact) mass is 215 g/mol. The predicted molar refractivity (Wildman–Crippen MR) is 49.1 cm³/mol. The number of aliphatic carboxylic acids is 1. The Morgan fingerprint density at radius 3 is 2.86 bits per heavy atom. The molecule has 5 nitrogen and oxygen atoms in total. The van der Waals surface area contributed by atoms with Gasteiger partial charge in [-0.15, -0.1) is 11.8 Å². The van der Waals surface area contributed by atoms with Crippen molar-refractivity contribution in [3.8, 4) is 0 Å². The van der Waals surface area contributed by atoms with E-state index in [9.17, 15) is 14.7 Å². The van der Waals surface area contributed by atoms with Gasteiger partial charge in [0, 0.05) is 5.41 Å². The standard InChI is InChI=1S/C8H9NO4S/c1-3(10)5-6(11)9-4(8(12)13)2-14-7(5)9/h2-3,5,7,10H,1H3,(H,12,13)/t3-,5+,7+/m1/s1. The number of carboxylic acids is 1. The number of aliphatic hydroxyl groups excluding tert-OH is 1. The highest BCUT2D eigenvalue weighted by molar-refractivity contribution is 8.03. The molecule has 1 saturated heterocycles. The van der Waals surface area contributed by atoms with Crippen LogP contribution in [0.1, 0.15) is 6.92 Å². The number of carboxylic acid groups (broad SMARTS) is 1. The maximum Gasteiger partial charge on any atom is 0.353 e. The highest BCUT2D eigenvalue weighted by Crippen LogP contribution is 2.45. The van der Waals surface area contributed by atoms with Crippen LogP contribution in [0.5, 0.6) is 0 Å². The summed E-state index contributed by atoms with van der Waals surface area (Å²) < 4.78 is 0. The molecule has 0 aromatic carbocycles. The van der Waals surface area contributed by atoms with Crippen molar-refractivity contribution < 1.29 is 19.8 Å². The molecule has 0 saturated carbocycles. The Hall–Kier alpha value is -1.01. The fourth-order valence-corrected chi connectivity index (χ4v) is 3.01. The van der Waals surface area contributed by atoms with Crippen molar-refractivity contribution in [1.29, 1.82) is 0 Å². The summed E-state index contributed by atoms with van der Waals surface area (Å²) in [6.45, 7) is 1.54. The molecule has 0 bridgehead atoms. The molecule has 2 heterocycles. The quantitative estimate of drug-likeness (QED) is 0.625. The zero-order chi connectivity index (χ0) is 10.5. The van der Waals surface area contributed by atoms with Crippen molar-refractivity contribution in [2.75, 3.05) is 0 Å². The highest BCUT2D eigenvalue weighted by Gasteiger charge is 2.55. The van der Waals surface area contributed by atoms with Crippen molar-refractivity contribution in [2.45, 2.75) is 18.4 Å². The third-order valence-electron chi connectivity index (χ3n) is 2.40. The van der Waals surface area contributed by atoms with Gasteiger partial charge in [-0.3, -0.25) is 9.69 Å². The smallest absolute Gasteiger partial charge is 0.353 e. The number of thioether (sulfide) groups is 1. The molecule has 2 aliphatic heterocycles. The highest BCUT2D eigenvalue weighted by atomic mass is 32.2. The minimum Gasteiger partial charge on any atom is -0.477 e. The van der Waals surface area contributed by atoms with Crippen molar-refractivity contribution in [2.24, 2.45) is 5.92 Å². The lowest BCUT2D eigenvalue weighted by molar-refractivity contribution is -0.156. The molecular formula is C8H9NO4S. The average Bonchev–Trinajstić information content (AvgIpc) is 2.42. The summed E-state index contributed by atoms with van der Waals surface area (Å²) in [5.74, 6) is -1.87. The summed E-state index contributed by atoms with van der Waals surface area (Å²) in [5, 5.41) is 19.2. The number of hydrogen-bond donors (Lipinski definition) is 2. The summed E-state index contributed by atoms with van der Waals surface area (Å²) in [6.07, 6.45) is -0.724. The van der Waals surface area contributed by atoms with Gasteiger partial charge in [0.25, 0.3) is 0 Å². The van der Waals surface area contributed by atoms with E-state index in [2.05, 4.69) is 0 Å². The molecule has 1 amide bonds. The van der Waals surface area contributed by atoms with E-state index in [4.69, 9.17) is 5.11 Å². The maximum absolute atomic E-state index is 11.4. The van der Waals surface area contributed by atoms with Gasteiger partial charge in [0.1, 0.15) is 11.1 Å². The van der Waals surface area contributed by atoms with E-state index in [1.165, 1.54) is 22.1 Å². The average molecular weight is 215 g/mol. The van der Waals surface area contributed by atoms with Crippen molar-refractivity contribution in [3.05, 3.63) is 11.1 Å². The number of amides is 1. The molecule has 14 heavy (non-hydrogen) atoms. The number of hydrogen-bond acceptors (Lipinski definition) is 4. The first kappa shape index (κ1) is 9.54. The molecule has 3 atom stereocenters. The number of β-lactam (4-membered cyclic amide) rings is 1. The Labute approximate surface area is 84.4 Å². The fraction of sp³-hybridized carbons (Fsp3) is 0.500. The summed E-state index contributed by atoms with van der Waals surface area (Å²) >= 11 is 1.27. The topological polar surface area (TPSA) is 77.8 Å². The number of aliphatic hydroxyl groups is 1. The predicted octanol–water partition coefficient (Wildman–Crippen LogP) is -0.176. The largest absolute Gasteiger partial charge is 0.477 e. The van der Waals surface area contributed by atoms with Gasteiger partial charge in [-0.1, -0.05) is 0 Å².